The van der Waals surface area contributed by atoms with Gasteiger partial charge in [-0.25, -0.2) is 0 Å². The van der Waals surface area contributed by atoms with Crippen molar-refractivity contribution in [2.45, 2.75) is 44.2 Å². The summed E-state index contributed by atoms with van der Waals surface area (Å²) in [5.41, 5.74) is 1.20. The van der Waals surface area contributed by atoms with Crippen LogP contribution in [-0.4, -0.2) is 47.8 Å². The van der Waals surface area contributed by atoms with Gasteiger partial charge in [0.15, 0.2) is 0 Å². The number of halogens is 2. The molecule has 1 saturated heterocycles. The Morgan fingerprint density at radius 3 is 2.30 bits per heavy atom. The highest BCUT2D eigenvalue weighted by atomic mass is 35.5. The van der Waals surface area contributed by atoms with Crippen LogP contribution in [-0.2, 0) is 16.0 Å². The molecule has 33 heavy (non-hydrogen) atoms. The van der Waals surface area contributed by atoms with Crippen LogP contribution >= 0.6 is 23.2 Å². The van der Waals surface area contributed by atoms with E-state index < -0.39 is 11.9 Å². The predicted octanol–water partition coefficient (Wildman–Crippen LogP) is 3.85. The van der Waals surface area contributed by atoms with Crippen molar-refractivity contribution in [2.75, 3.05) is 13.1 Å². The highest BCUT2D eigenvalue weighted by Crippen LogP contribution is 2.32. The van der Waals surface area contributed by atoms with Gasteiger partial charge in [0.1, 0.15) is 6.04 Å². The number of rotatable bonds is 7. The molecule has 1 saturated carbocycles. The molecule has 1 heterocycles. The molecule has 6 nitrogen and oxygen atoms in total. The van der Waals surface area contributed by atoms with Crippen molar-refractivity contribution in [1.29, 1.82) is 0 Å². The summed E-state index contributed by atoms with van der Waals surface area (Å²) in [7, 11) is 0. The van der Waals surface area contributed by atoms with Gasteiger partial charge in [-0.15, -0.1) is 0 Å². The van der Waals surface area contributed by atoms with Crippen LogP contribution in [0.2, 0.25) is 10.0 Å². The highest BCUT2D eigenvalue weighted by Gasteiger charge is 2.35. The van der Waals surface area contributed by atoms with Gasteiger partial charge in [0.25, 0.3) is 5.91 Å². The Labute approximate surface area is 203 Å². The molecule has 8 heteroatoms. The van der Waals surface area contributed by atoms with Crippen molar-refractivity contribution in [3.63, 3.8) is 0 Å². The van der Waals surface area contributed by atoms with Crippen molar-refractivity contribution in [3.05, 3.63) is 69.7 Å². The largest absolute Gasteiger partial charge is 0.351 e. The highest BCUT2D eigenvalue weighted by molar-refractivity contribution is 6.36. The van der Waals surface area contributed by atoms with Gasteiger partial charge in [-0.1, -0.05) is 53.5 Å². The molecule has 2 fully saturated rings. The number of carbonyl (C=O) groups is 3. The van der Waals surface area contributed by atoms with E-state index in [-0.39, 0.29) is 34.4 Å². The van der Waals surface area contributed by atoms with Gasteiger partial charge in [0.05, 0.1) is 10.6 Å². The Morgan fingerprint density at radius 1 is 0.970 bits per heavy atom. The van der Waals surface area contributed by atoms with Crippen LogP contribution in [0.5, 0.6) is 0 Å². The zero-order valence-electron chi connectivity index (χ0n) is 18.2. The van der Waals surface area contributed by atoms with Crippen LogP contribution in [0.4, 0.5) is 0 Å². The summed E-state index contributed by atoms with van der Waals surface area (Å²) in [6.45, 7) is 1.30. The van der Waals surface area contributed by atoms with Crippen LogP contribution < -0.4 is 10.6 Å². The molecule has 0 aromatic heterocycles. The fourth-order valence-electron chi connectivity index (χ4n) is 4.10. The van der Waals surface area contributed by atoms with E-state index in [4.69, 9.17) is 23.2 Å². The third-order valence-electron chi connectivity index (χ3n) is 6.16. The van der Waals surface area contributed by atoms with Gasteiger partial charge < -0.3 is 15.5 Å². The average Bonchev–Trinajstić information content (AvgIpc) is 3.65. The molecule has 2 aliphatic rings. The first-order valence-electron chi connectivity index (χ1n) is 11.3. The number of benzene rings is 2. The van der Waals surface area contributed by atoms with Crippen molar-refractivity contribution in [3.8, 4) is 0 Å². The van der Waals surface area contributed by atoms with Crippen LogP contribution in [0.1, 0.15) is 41.6 Å². The summed E-state index contributed by atoms with van der Waals surface area (Å²) in [5, 5.41) is 6.58. The van der Waals surface area contributed by atoms with E-state index in [2.05, 4.69) is 10.6 Å². The maximum Gasteiger partial charge on any atom is 0.253 e. The smallest absolute Gasteiger partial charge is 0.253 e. The van der Waals surface area contributed by atoms with Gasteiger partial charge >= 0.3 is 0 Å². The molecule has 0 unspecified atom stereocenters. The second-order valence-electron chi connectivity index (χ2n) is 8.72. The van der Waals surface area contributed by atoms with Crippen molar-refractivity contribution in [1.82, 2.24) is 15.5 Å². The molecule has 3 amide bonds. The fraction of sp³-hybridized carbons (Fsp3) is 0.400. The number of hydrogen-bond donors (Lipinski definition) is 2. The number of piperidine rings is 1. The first-order chi connectivity index (χ1) is 15.9. The van der Waals surface area contributed by atoms with Crippen molar-refractivity contribution in [2.24, 2.45) is 5.92 Å². The minimum atomic E-state index is -0.766. The van der Waals surface area contributed by atoms with E-state index in [9.17, 15) is 14.4 Å². The number of hydrogen-bond acceptors (Lipinski definition) is 3. The van der Waals surface area contributed by atoms with E-state index in [1.807, 2.05) is 35.2 Å². The molecule has 0 radical (unpaired) electrons. The van der Waals surface area contributed by atoms with E-state index in [0.29, 0.717) is 37.4 Å². The van der Waals surface area contributed by atoms with Crippen LogP contribution in [0.25, 0.3) is 0 Å². The lowest BCUT2D eigenvalue weighted by Gasteiger charge is -2.33. The van der Waals surface area contributed by atoms with Crippen LogP contribution in [0, 0.1) is 5.92 Å². The number of likely N-dealkylation sites (tertiary alicyclic amines) is 1. The van der Waals surface area contributed by atoms with Gasteiger partial charge in [-0.05, 0) is 49.4 Å². The molecular weight excluding hydrogens is 461 g/mol. The topological polar surface area (TPSA) is 78.5 Å². The number of carbonyl (C=O) groups excluding carboxylic acids is 3. The zero-order valence-corrected chi connectivity index (χ0v) is 19.7. The maximum atomic E-state index is 13.2. The Bertz CT molecular complexity index is 1020. The van der Waals surface area contributed by atoms with Crippen molar-refractivity contribution < 1.29 is 14.4 Å². The number of nitrogens with one attached hydrogen (secondary N) is 2. The molecule has 1 atom stereocenters. The number of nitrogens with zero attached hydrogens (tertiary/aromatic N) is 1. The molecule has 1 aliphatic carbocycles. The lowest BCUT2D eigenvalue weighted by atomic mass is 10.0. The van der Waals surface area contributed by atoms with Crippen molar-refractivity contribution >= 4 is 40.9 Å². The van der Waals surface area contributed by atoms with Gasteiger partial charge in [0.2, 0.25) is 11.8 Å². The second kappa shape index (κ2) is 10.6. The molecule has 2 N–H and O–H groups in total. The lowest BCUT2D eigenvalue weighted by Crippen LogP contribution is -2.53. The summed E-state index contributed by atoms with van der Waals surface area (Å²) < 4.78 is 0. The summed E-state index contributed by atoms with van der Waals surface area (Å²) in [4.78, 5) is 40.3. The monoisotopic (exact) mass is 487 g/mol. The Kier molecular flexibility index (Phi) is 7.56. The quantitative estimate of drug-likeness (QED) is 0.622. The van der Waals surface area contributed by atoms with Crippen LogP contribution in [0.15, 0.2) is 48.5 Å². The molecule has 2 aromatic rings. The predicted molar refractivity (Wildman–Crippen MR) is 128 cm³/mol. The standard InChI is InChI=1S/C25H27Cl2N3O3/c26-18-8-9-20(21(27)15-18)23(31)29-22(14-16-4-2-1-3-5-16)24(32)28-19-10-12-30(13-11-19)25(33)17-6-7-17/h1-5,8-9,15,17,19,22H,6-7,10-14H2,(H,28,32)(H,29,31)/t22-/m1/s1. The average molecular weight is 488 g/mol. The molecule has 2 aromatic carbocycles. The second-order valence-corrected chi connectivity index (χ2v) is 9.57. The minimum absolute atomic E-state index is 0.0324. The maximum absolute atomic E-state index is 13.2. The third-order valence-corrected chi connectivity index (χ3v) is 6.71. The summed E-state index contributed by atoms with van der Waals surface area (Å²) in [6.07, 6.45) is 3.75. The summed E-state index contributed by atoms with van der Waals surface area (Å²) in [6, 6.07) is 13.4. The SMILES string of the molecule is O=C(N[C@H](Cc1ccccc1)C(=O)NC1CCN(C(=O)C2CC2)CC1)c1ccc(Cl)cc1Cl. The first kappa shape index (κ1) is 23.6. The van der Waals surface area contributed by atoms with Gasteiger partial charge in [-0.2, -0.15) is 0 Å². The normalized spacial score (nSPS) is 17.3. The third kappa shape index (κ3) is 6.27. The number of amides is 3. The van der Waals surface area contributed by atoms with Gasteiger partial charge in [-0.3, -0.25) is 14.4 Å². The zero-order chi connectivity index (χ0) is 23.4. The van der Waals surface area contributed by atoms with E-state index in [1.165, 1.54) is 6.07 Å². The lowest BCUT2D eigenvalue weighted by molar-refractivity contribution is -0.133. The molecule has 1 aliphatic heterocycles. The molecule has 0 spiro atoms. The first-order valence-corrected chi connectivity index (χ1v) is 12.1. The van der Waals surface area contributed by atoms with E-state index >= 15 is 0 Å². The Hall–Kier alpha value is -2.57. The van der Waals surface area contributed by atoms with E-state index in [0.717, 1.165) is 18.4 Å². The fourth-order valence-corrected chi connectivity index (χ4v) is 4.60. The minimum Gasteiger partial charge on any atom is -0.351 e. The molecule has 174 valence electrons. The molecule has 4 rings (SSSR count). The Balaban J connectivity index is 1.41. The summed E-state index contributed by atoms with van der Waals surface area (Å²) >= 11 is 12.1. The Morgan fingerprint density at radius 2 is 1.67 bits per heavy atom. The summed E-state index contributed by atoms with van der Waals surface area (Å²) in [5.74, 6) is -0.225. The van der Waals surface area contributed by atoms with Crippen LogP contribution in [0.3, 0.4) is 0 Å². The molecular formula is C25H27Cl2N3O3. The van der Waals surface area contributed by atoms with Gasteiger partial charge in [0, 0.05) is 36.5 Å². The molecule has 0 bridgehead atoms. The van der Waals surface area contributed by atoms with E-state index in [1.54, 1.807) is 12.1 Å².